The Balaban J connectivity index is 2.17. The highest BCUT2D eigenvalue weighted by Crippen LogP contribution is 2.35. The summed E-state index contributed by atoms with van der Waals surface area (Å²) in [5.74, 6) is -0.870. The minimum absolute atomic E-state index is 0.00393. The highest BCUT2D eigenvalue weighted by Gasteiger charge is 2.26. The number of para-hydroxylation sites is 1. The van der Waals surface area contributed by atoms with Crippen molar-refractivity contribution in [3.05, 3.63) is 29.6 Å². The lowest BCUT2D eigenvalue weighted by molar-refractivity contribution is 0.0697. The zero-order chi connectivity index (χ0) is 13.1. The summed E-state index contributed by atoms with van der Waals surface area (Å²) in [6.45, 7) is 2.03. The largest absolute Gasteiger partial charge is 0.478 e. The molecule has 18 heavy (non-hydrogen) atoms. The van der Waals surface area contributed by atoms with E-state index in [0.29, 0.717) is 0 Å². The lowest BCUT2D eigenvalue weighted by atomic mass is 10.1. The third-order valence-electron chi connectivity index (χ3n) is 3.40. The van der Waals surface area contributed by atoms with Crippen molar-refractivity contribution in [2.45, 2.75) is 38.6 Å². The number of halogens is 1. The Morgan fingerprint density at radius 3 is 2.83 bits per heavy atom. The van der Waals surface area contributed by atoms with Gasteiger partial charge in [0.25, 0.3) is 0 Å². The first-order chi connectivity index (χ1) is 8.61. The molecule has 1 saturated carbocycles. The zero-order valence-electron chi connectivity index (χ0n) is 10.4. The Hall–Kier alpha value is -1.58. The zero-order valence-corrected chi connectivity index (χ0v) is 10.4. The molecule has 0 aliphatic heterocycles. The number of benzene rings is 1. The van der Waals surface area contributed by atoms with Crippen molar-refractivity contribution in [3.63, 3.8) is 0 Å². The van der Waals surface area contributed by atoms with Gasteiger partial charge in [-0.1, -0.05) is 25.8 Å². The van der Waals surface area contributed by atoms with Crippen molar-refractivity contribution in [1.29, 1.82) is 0 Å². The molecular formula is C14H18FNO2. The van der Waals surface area contributed by atoms with Gasteiger partial charge >= 0.3 is 5.97 Å². The summed E-state index contributed by atoms with van der Waals surface area (Å²) in [6.07, 6.45) is 4.33. The Bertz CT molecular complexity index is 443. The predicted molar refractivity (Wildman–Crippen MR) is 68.4 cm³/mol. The fraction of sp³-hybridized carbons (Fsp3) is 0.500. The van der Waals surface area contributed by atoms with Crippen LogP contribution in [-0.4, -0.2) is 17.1 Å². The molecule has 2 N–H and O–H groups in total. The minimum atomic E-state index is -1.10. The number of carboxylic acid groups (broad SMARTS) is 1. The van der Waals surface area contributed by atoms with E-state index in [2.05, 4.69) is 5.32 Å². The molecule has 1 aliphatic carbocycles. The summed E-state index contributed by atoms with van der Waals surface area (Å²) in [7, 11) is 0. The van der Waals surface area contributed by atoms with Crippen LogP contribution in [0.1, 0.15) is 43.0 Å². The van der Waals surface area contributed by atoms with E-state index in [-0.39, 0.29) is 17.3 Å². The second-order valence-corrected chi connectivity index (χ2v) is 4.90. The standard InChI is InChI=1S/C14H18FNO2/c1-2-10(8-9-6-7-9)16-13-11(14(17)18)4-3-5-12(13)15/h3-5,9-10,16H,2,6-8H2,1H3,(H,17,18). The average Bonchev–Trinajstić information content (AvgIpc) is 3.14. The van der Waals surface area contributed by atoms with Gasteiger partial charge in [-0.2, -0.15) is 0 Å². The van der Waals surface area contributed by atoms with Gasteiger partial charge in [-0.3, -0.25) is 0 Å². The monoisotopic (exact) mass is 251 g/mol. The van der Waals surface area contributed by atoms with Crippen LogP contribution < -0.4 is 5.32 Å². The van der Waals surface area contributed by atoms with Crippen LogP contribution in [0.2, 0.25) is 0 Å². The van der Waals surface area contributed by atoms with Crippen LogP contribution in [0.3, 0.4) is 0 Å². The number of hydrogen-bond acceptors (Lipinski definition) is 2. The van der Waals surface area contributed by atoms with Crippen molar-refractivity contribution in [2.75, 3.05) is 5.32 Å². The fourth-order valence-electron chi connectivity index (χ4n) is 2.14. The van der Waals surface area contributed by atoms with Gasteiger partial charge in [0.1, 0.15) is 5.82 Å². The van der Waals surface area contributed by atoms with Crippen LogP contribution in [0.5, 0.6) is 0 Å². The molecule has 0 radical (unpaired) electrons. The van der Waals surface area contributed by atoms with Gasteiger partial charge in [0, 0.05) is 6.04 Å². The quantitative estimate of drug-likeness (QED) is 0.813. The lowest BCUT2D eigenvalue weighted by Gasteiger charge is -2.19. The van der Waals surface area contributed by atoms with E-state index in [9.17, 15) is 9.18 Å². The van der Waals surface area contributed by atoms with Crippen LogP contribution in [0.4, 0.5) is 10.1 Å². The summed E-state index contributed by atoms with van der Waals surface area (Å²) < 4.78 is 13.7. The molecule has 1 atom stereocenters. The topological polar surface area (TPSA) is 49.3 Å². The maximum absolute atomic E-state index is 13.7. The van der Waals surface area contributed by atoms with Gasteiger partial charge in [0.05, 0.1) is 11.3 Å². The number of carbonyl (C=O) groups is 1. The first kappa shape index (κ1) is 12.9. The number of carboxylic acids is 1. The van der Waals surface area contributed by atoms with Crippen molar-refractivity contribution >= 4 is 11.7 Å². The molecule has 1 aliphatic rings. The van der Waals surface area contributed by atoms with E-state index in [0.717, 1.165) is 18.8 Å². The molecule has 0 spiro atoms. The molecule has 98 valence electrons. The van der Waals surface area contributed by atoms with Crippen LogP contribution in [0.15, 0.2) is 18.2 Å². The van der Waals surface area contributed by atoms with Gasteiger partial charge in [-0.15, -0.1) is 0 Å². The summed E-state index contributed by atoms with van der Waals surface area (Å²) in [6, 6.07) is 4.29. The normalized spacial score (nSPS) is 16.3. The molecule has 1 aromatic rings. The SMILES string of the molecule is CCC(CC1CC1)Nc1c(F)cccc1C(=O)O. The van der Waals surface area contributed by atoms with Gasteiger partial charge in [-0.25, -0.2) is 9.18 Å². The fourth-order valence-corrected chi connectivity index (χ4v) is 2.14. The van der Waals surface area contributed by atoms with Crippen molar-refractivity contribution in [3.8, 4) is 0 Å². The Morgan fingerprint density at radius 2 is 2.28 bits per heavy atom. The molecule has 0 bridgehead atoms. The third-order valence-corrected chi connectivity index (χ3v) is 3.40. The number of hydrogen-bond donors (Lipinski definition) is 2. The number of anilines is 1. The number of nitrogens with one attached hydrogen (secondary N) is 1. The third kappa shape index (κ3) is 3.00. The molecule has 0 saturated heterocycles. The first-order valence-electron chi connectivity index (χ1n) is 6.40. The second-order valence-electron chi connectivity index (χ2n) is 4.90. The van der Waals surface area contributed by atoms with E-state index in [4.69, 9.17) is 5.11 Å². The van der Waals surface area contributed by atoms with Gasteiger partial charge < -0.3 is 10.4 Å². The highest BCUT2D eigenvalue weighted by molar-refractivity contribution is 5.94. The molecule has 0 aromatic heterocycles. The van der Waals surface area contributed by atoms with Gasteiger partial charge in [0.2, 0.25) is 0 Å². The number of rotatable bonds is 6. The van der Waals surface area contributed by atoms with E-state index in [1.807, 2.05) is 6.92 Å². The van der Waals surface area contributed by atoms with Crippen molar-refractivity contribution in [1.82, 2.24) is 0 Å². The molecule has 1 fully saturated rings. The predicted octanol–water partition coefficient (Wildman–Crippen LogP) is 3.51. The van der Waals surface area contributed by atoms with Crippen molar-refractivity contribution < 1.29 is 14.3 Å². The van der Waals surface area contributed by atoms with E-state index < -0.39 is 11.8 Å². The molecule has 4 heteroatoms. The molecular weight excluding hydrogens is 233 g/mol. The molecule has 3 nitrogen and oxygen atoms in total. The van der Waals surface area contributed by atoms with Crippen LogP contribution >= 0.6 is 0 Å². The van der Waals surface area contributed by atoms with Gasteiger partial charge in [0.15, 0.2) is 0 Å². The van der Waals surface area contributed by atoms with E-state index in [1.54, 1.807) is 0 Å². The van der Waals surface area contributed by atoms with E-state index in [1.165, 1.54) is 31.0 Å². The summed E-state index contributed by atoms with van der Waals surface area (Å²) in [5, 5.41) is 12.1. The van der Waals surface area contributed by atoms with Crippen LogP contribution in [0, 0.1) is 11.7 Å². The molecule has 0 heterocycles. The molecule has 0 amide bonds. The van der Waals surface area contributed by atoms with Crippen LogP contribution in [0.25, 0.3) is 0 Å². The summed E-state index contributed by atoms with van der Waals surface area (Å²) >= 11 is 0. The maximum Gasteiger partial charge on any atom is 0.337 e. The smallest absolute Gasteiger partial charge is 0.337 e. The maximum atomic E-state index is 13.7. The Morgan fingerprint density at radius 1 is 1.56 bits per heavy atom. The lowest BCUT2D eigenvalue weighted by Crippen LogP contribution is -2.21. The second kappa shape index (κ2) is 5.38. The van der Waals surface area contributed by atoms with Crippen molar-refractivity contribution in [2.24, 2.45) is 5.92 Å². The van der Waals surface area contributed by atoms with Crippen LogP contribution in [-0.2, 0) is 0 Å². The van der Waals surface area contributed by atoms with Gasteiger partial charge in [-0.05, 0) is 30.9 Å². The number of aromatic carboxylic acids is 1. The summed E-state index contributed by atoms with van der Waals surface area (Å²) in [4.78, 5) is 11.1. The Labute approximate surface area is 106 Å². The van der Waals surface area contributed by atoms with E-state index >= 15 is 0 Å². The molecule has 1 aromatic carbocycles. The Kier molecular flexibility index (Phi) is 3.84. The molecule has 2 rings (SSSR count). The minimum Gasteiger partial charge on any atom is -0.478 e. The highest BCUT2D eigenvalue weighted by atomic mass is 19.1. The average molecular weight is 251 g/mol. The summed E-state index contributed by atoms with van der Waals surface area (Å²) in [5.41, 5.74) is 0.127. The molecule has 1 unspecified atom stereocenters. The first-order valence-corrected chi connectivity index (χ1v) is 6.40.